The van der Waals surface area contributed by atoms with Gasteiger partial charge in [-0.05, 0) is 31.2 Å². The van der Waals surface area contributed by atoms with Crippen LogP contribution in [0.15, 0.2) is 18.2 Å². The molecule has 2 rings (SSSR count). The summed E-state index contributed by atoms with van der Waals surface area (Å²) in [5.41, 5.74) is 0.605. The number of carbonyl (C=O) groups excluding carboxylic acids is 2. The molecular formula is C15H20N2O4. The molecule has 0 fully saturated rings. The number of Topliss-reactive ketones (excluding diaryl/α,β-unsaturated/α-hetero) is 1. The summed E-state index contributed by atoms with van der Waals surface area (Å²) in [6.45, 7) is 4.08. The van der Waals surface area contributed by atoms with Crippen molar-refractivity contribution >= 4 is 11.7 Å². The van der Waals surface area contributed by atoms with E-state index in [0.717, 1.165) is 6.42 Å². The lowest BCUT2D eigenvalue weighted by Crippen LogP contribution is -2.28. The maximum atomic E-state index is 12.0. The van der Waals surface area contributed by atoms with Crippen molar-refractivity contribution in [3.8, 4) is 11.5 Å². The maximum Gasteiger partial charge on any atom is 0.216 e. The fraction of sp³-hybridized carbons (Fsp3) is 0.467. The topological polar surface area (TPSA) is 76.7 Å². The first kappa shape index (κ1) is 15.3. The summed E-state index contributed by atoms with van der Waals surface area (Å²) in [7, 11) is 0. The Bertz CT molecular complexity index is 516. The van der Waals surface area contributed by atoms with Crippen LogP contribution in [0.2, 0.25) is 0 Å². The van der Waals surface area contributed by atoms with E-state index in [2.05, 4.69) is 10.6 Å². The van der Waals surface area contributed by atoms with Crippen LogP contribution in [0.4, 0.5) is 0 Å². The summed E-state index contributed by atoms with van der Waals surface area (Å²) in [6.07, 6.45) is 0.786. The van der Waals surface area contributed by atoms with Gasteiger partial charge in [0.1, 0.15) is 13.2 Å². The molecule has 114 valence electrons. The first-order valence-electron chi connectivity index (χ1n) is 7.05. The van der Waals surface area contributed by atoms with Crippen molar-refractivity contribution in [1.82, 2.24) is 10.6 Å². The van der Waals surface area contributed by atoms with Gasteiger partial charge in [-0.15, -0.1) is 0 Å². The number of ether oxygens (including phenoxy) is 2. The highest BCUT2D eigenvalue weighted by molar-refractivity contribution is 5.98. The van der Waals surface area contributed by atoms with Crippen LogP contribution in [0.1, 0.15) is 23.7 Å². The number of benzene rings is 1. The third-order valence-electron chi connectivity index (χ3n) is 3.05. The summed E-state index contributed by atoms with van der Waals surface area (Å²) in [6, 6.07) is 5.23. The molecule has 0 bridgehead atoms. The second-order valence-electron chi connectivity index (χ2n) is 4.79. The molecule has 0 saturated carbocycles. The molecule has 1 amide bonds. The SMILES string of the molecule is CC(=O)NCCCNCC(=O)c1ccc2c(c1)OCCO2. The lowest BCUT2D eigenvalue weighted by Gasteiger charge is -2.18. The fourth-order valence-corrected chi connectivity index (χ4v) is 2.00. The van der Waals surface area contributed by atoms with E-state index >= 15 is 0 Å². The summed E-state index contributed by atoms with van der Waals surface area (Å²) < 4.78 is 10.9. The van der Waals surface area contributed by atoms with Gasteiger partial charge >= 0.3 is 0 Å². The Morgan fingerprint density at radius 2 is 1.90 bits per heavy atom. The lowest BCUT2D eigenvalue weighted by molar-refractivity contribution is -0.118. The van der Waals surface area contributed by atoms with E-state index in [0.29, 0.717) is 43.4 Å². The molecule has 1 aromatic rings. The van der Waals surface area contributed by atoms with Crippen molar-refractivity contribution < 1.29 is 19.1 Å². The highest BCUT2D eigenvalue weighted by Crippen LogP contribution is 2.30. The number of nitrogens with one attached hydrogen (secondary N) is 2. The maximum absolute atomic E-state index is 12.0. The smallest absolute Gasteiger partial charge is 0.216 e. The van der Waals surface area contributed by atoms with Crippen molar-refractivity contribution in [2.75, 3.05) is 32.8 Å². The third kappa shape index (κ3) is 4.75. The van der Waals surface area contributed by atoms with Gasteiger partial charge in [0, 0.05) is 19.0 Å². The summed E-state index contributed by atoms with van der Waals surface area (Å²) >= 11 is 0. The number of ketones is 1. The molecule has 1 aliphatic rings. The first-order valence-corrected chi connectivity index (χ1v) is 7.05. The van der Waals surface area contributed by atoms with Gasteiger partial charge in [-0.1, -0.05) is 0 Å². The van der Waals surface area contributed by atoms with E-state index < -0.39 is 0 Å². The van der Waals surface area contributed by atoms with Crippen LogP contribution in [-0.4, -0.2) is 44.5 Å². The first-order chi connectivity index (χ1) is 10.2. The third-order valence-corrected chi connectivity index (χ3v) is 3.05. The lowest BCUT2D eigenvalue weighted by atomic mass is 10.1. The highest BCUT2D eigenvalue weighted by atomic mass is 16.6. The highest BCUT2D eigenvalue weighted by Gasteiger charge is 2.14. The number of carbonyl (C=O) groups is 2. The average Bonchev–Trinajstić information content (AvgIpc) is 2.49. The van der Waals surface area contributed by atoms with Crippen LogP contribution in [0.25, 0.3) is 0 Å². The molecule has 6 heteroatoms. The predicted octanol–water partition coefficient (Wildman–Crippen LogP) is 0.756. The van der Waals surface area contributed by atoms with E-state index in [9.17, 15) is 9.59 Å². The van der Waals surface area contributed by atoms with Crippen LogP contribution >= 0.6 is 0 Å². The van der Waals surface area contributed by atoms with Gasteiger partial charge in [0.25, 0.3) is 0 Å². The molecule has 1 aromatic carbocycles. The van der Waals surface area contributed by atoms with E-state index in [1.54, 1.807) is 18.2 Å². The Kier molecular flexibility index (Phi) is 5.57. The zero-order valence-corrected chi connectivity index (χ0v) is 12.1. The van der Waals surface area contributed by atoms with Crippen LogP contribution < -0.4 is 20.1 Å². The number of rotatable bonds is 7. The van der Waals surface area contributed by atoms with Gasteiger partial charge in [-0.25, -0.2) is 0 Å². The zero-order valence-electron chi connectivity index (χ0n) is 12.1. The van der Waals surface area contributed by atoms with E-state index in [-0.39, 0.29) is 18.2 Å². The van der Waals surface area contributed by atoms with Gasteiger partial charge in [-0.2, -0.15) is 0 Å². The largest absolute Gasteiger partial charge is 0.486 e. The van der Waals surface area contributed by atoms with Crippen LogP contribution in [0, 0.1) is 0 Å². The minimum absolute atomic E-state index is 0.00602. The van der Waals surface area contributed by atoms with Crippen LogP contribution in [-0.2, 0) is 4.79 Å². The Morgan fingerprint density at radius 1 is 1.14 bits per heavy atom. The quantitative estimate of drug-likeness (QED) is 0.573. The van der Waals surface area contributed by atoms with Crippen molar-refractivity contribution in [3.63, 3.8) is 0 Å². The Balaban J connectivity index is 1.74. The van der Waals surface area contributed by atoms with Crippen LogP contribution in [0.3, 0.4) is 0 Å². The predicted molar refractivity (Wildman–Crippen MR) is 77.9 cm³/mol. The minimum atomic E-state index is -0.0395. The molecule has 0 spiro atoms. The molecule has 0 radical (unpaired) electrons. The zero-order chi connectivity index (χ0) is 15.1. The second-order valence-corrected chi connectivity index (χ2v) is 4.79. The van der Waals surface area contributed by atoms with Crippen molar-refractivity contribution in [1.29, 1.82) is 0 Å². The molecular weight excluding hydrogens is 272 g/mol. The van der Waals surface area contributed by atoms with Crippen molar-refractivity contribution in [2.24, 2.45) is 0 Å². The molecule has 2 N–H and O–H groups in total. The number of amides is 1. The molecule has 1 heterocycles. The average molecular weight is 292 g/mol. The van der Waals surface area contributed by atoms with Gasteiger partial charge in [0.05, 0.1) is 6.54 Å². The molecule has 0 aliphatic carbocycles. The van der Waals surface area contributed by atoms with Gasteiger partial charge in [0.15, 0.2) is 17.3 Å². The van der Waals surface area contributed by atoms with Crippen molar-refractivity contribution in [3.05, 3.63) is 23.8 Å². The summed E-state index contributed by atoms with van der Waals surface area (Å²) in [4.78, 5) is 22.7. The minimum Gasteiger partial charge on any atom is -0.486 e. The number of hydrogen-bond acceptors (Lipinski definition) is 5. The van der Waals surface area contributed by atoms with E-state index in [4.69, 9.17) is 9.47 Å². The molecule has 0 saturated heterocycles. The molecule has 0 atom stereocenters. The van der Waals surface area contributed by atoms with Gasteiger partial charge in [0.2, 0.25) is 5.91 Å². The summed E-state index contributed by atoms with van der Waals surface area (Å²) in [5.74, 6) is 1.27. The Labute approximate surface area is 123 Å². The molecule has 1 aliphatic heterocycles. The van der Waals surface area contributed by atoms with Crippen LogP contribution in [0.5, 0.6) is 11.5 Å². The van der Waals surface area contributed by atoms with E-state index in [1.165, 1.54) is 6.92 Å². The van der Waals surface area contributed by atoms with Gasteiger partial charge < -0.3 is 20.1 Å². The van der Waals surface area contributed by atoms with Crippen molar-refractivity contribution in [2.45, 2.75) is 13.3 Å². The molecule has 0 unspecified atom stereocenters. The molecule has 0 aromatic heterocycles. The summed E-state index contributed by atoms with van der Waals surface area (Å²) in [5, 5.41) is 5.77. The fourth-order valence-electron chi connectivity index (χ4n) is 2.00. The van der Waals surface area contributed by atoms with E-state index in [1.807, 2.05) is 0 Å². The Hall–Kier alpha value is -2.08. The second kappa shape index (κ2) is 7.64. The van der Waals surface area contributed by atoms with Gasteiger partial charge in [-0.3, -0.25) is 9.59 Å². The standard InChI is InChI=1S/C15H20N2O4/c1-11(18)17-6-2-5-16-10-13(19)12-3-4-14-15(9-12)21-8-7-20-14/h3-4,9,16H,2,5-8,10H2,1H3,(H,17,18). The molecule has 21 heavy (non-hydrogen) atoms. The number of hydrogen-bond donors (Lipinski definition) is 2. The normalized spacial score (nSPS) is 12.8. The number of fused-ring (bicyclic) bond motifs is 1. The molecule has 6 nitrogen and oxygen atoms in total. The Morgan fingerprint density at radius 3 is 2.67 bits per heavy atom. The monoisotopic (exact) mass is 292 g/mol.